The highest BCUT2D eigenvalue weighted by atomic mass is 16.2. The maximum atomic E-state index is 14.2. The summed E-state index contributed by atoms with van der Waals surface area (Å²) in [7, 11) is 0. The number of carbonyl (C=O) groups excluding carboxylic acids is 2. The van der Waals surface area contributed by atoms with E-state index in [0.717, 1.165) is 16.7 Å². The molecule has 0 fully saturated rings. The lowest BCUT2D eigenvalue weighted by Crippen LogP contribution is -2.49. The van der Waals surface area contributed by atoms with Crippen LogP contribution in [-0.4, -0.2) is 35.3 Å². The molecule has 0 radical (unpaired) electrons. The largest absolute Gasteiger partial charge is 0.370 e. The number of aliphatic imine (C=N–C) groups is 1. The van der Waals surface area contributed by atoms with Crippen LogP contribution >= 0.6 is 0 Å². The second kappa shape index (κ2) is 12.2. The number of hydrogen-bond donors (Lipinski definition) is 3. The summed E-state index contributed by atoms with van der Waals surface area (Å²) < 4.78 is 0. The van der Waals surface area contributed by atoms with Gasteiger partial charge in [-0.05, 0) is 29.5 Å². The summed E-state index contributed by atoms with van der Waals surface area (Å²) in [5.74, 6) is -1.34. The Kier molecular flexibility index (Phi) is 8.80. The normalized spacial score (nSPS) is 11.6. The van der Waals surface area contributed by atoms with Crippen LogP contribution in [0.25, 0.3) is 0 Å². The Morgan fingerprint density at radius 1 is 0.765 bits per heavy atom. The van der Waals surface area contributed by atoms with Crippen molar-refractivity contribution >= 4 is 17.8 Å². The number of hydrogen-bond acceptors (Lipinski definition) is 3. The van der Waals surface area contributed by atoms with E-state index in [4.69, 9.17) is 17.2 Å². The summed E-state index contributed by atoms with van der Waals surface area (Å²) in [6.07, 6.45) is 0.854. The van der Waals surface area contributed by atoms with Crippen molar-refractivity contribution in [3.63, 3.8) is 0 Å². The van der Waals surface area contributed by atoms with Gasteiger partial charge in [0.15, 0.2) is 5.96 Å². The van der Waals surface area contributed by atoms with E-state index in [0.29, 0.717) is 19.4 Å². The topological polar surface area (TPSA) is 128 Å². The lowest BCUT2D eigenvalue weighted by atomic mass is 9.89. The van der Waals surface area contributed by atoms with Gasteiger partial charge in [-0.3, -0.25) is 14.6 Å². The summed E-state index contributed by atoms with van der Waals surface area (Å²) in [5, 5.41) is 0. The molecule has 1 atom stereocenters. The number of carbonyl (C=O) groups is 2. The van der Waals surface area contributed by atoms with Crippen molar-refractivity contribution in [2.24, 2.45) is 22.2 Å². The van der Waals surface area contributed by atoms with Gasteiger partial charge < -0.3 is 22.1 Å². The molecular weight excluding hydrogens is 426 g/mol. The van der Waals surface area contributed by atoms with E-state index in [-0.39, 0.29) is 18.4 Å². The van der Waals surface area contributed by atoms with E-state index in [2.05, 4.69) is 4.99 Å². The van der Waals surface area contributed by atoms with Crippen molar-refractivity contribution in [2.45, 2.75) is 31.3 Å². The van der Waals surface area contributed by atoms with E-state index in [1.54, 1.807) is 4.90 Å². The van der Waals surface area contributed by atoms with E-state index in [9.17, 15) is 9.59 Å². The van der Waals surface area contributed by atoms with Crippen LogP contribution < -0.4 is 17.2 Å². The molecule has 7 nitrogen and oxygen atoms in total. The third-order valence-electron chi connectivity index (χ3n) is 5.63. The van der Waals surface area contributed by atoms with E-state index in [1.807, 2.05) is 91.0 Å². The van der Waals surface area contributed by atoms with Gasteiger partial charge in [0.05, 0.1) is 5.92 Å². The van der Waals surface area contributed by atoms with Crippen molar-refractivity contribution in [3.8, 4) is 0 Å². The summed E-state index contributed by atoms with van der Waals surface area (Å²) in [6, 6.07) is 27.9. The Morgan fingerprint density at radius 2 is 1.26 bits per heavy atom. The Morgan fingerprint density at radius 3 is 1.74 bits per heavy atom. The first-order valence-electron chi connectivity index (χ1n) is 11.3. The van der Waals surface area contributed by atoms with Gasteiger partial charge in [0.1, 0.15) is 6.04 Å². The van der Waals surface area contributed by atoms with Gasteiger partial charge in [0.25, 0.3) is 0 Å². The molecule has 2 amide bonds. The summed E-state index contributed by atoms with van der Waals surface area (Å²) in [6.45, 7) is 0.603. The quantitative estimate of drug-likeness (QED) is 0.232. The third-order valence-corrected chi connectivity index (χ3v) is 5.63. The summed E-state index contributed by atoms with van der Waals surface area (Å²) in [4.78, 5) is 32.4. The Hall–Kier alpha value is -4.13. The molecule has 34 heavy (non-hydrogen) atoms. The molecule has 0 unspecified atom stereocenters. The van der Waals surface area contributed by atoms with Crippen molar-refractivity contribution in [1.82, 2.24) is 4.90 Å². The number of nitrogens with zero attached hydrogens (tertiary/aromatic N) is 2. The molecule has 3 aromatic carbocycles. The van der Waals surface area contributed by atoms with Gasteiger partial charge in [0, 0.05) is 13.1 Å². The SMILES string of the molecule is NC(=O)[C@H](CCCN=C(N)N)N(Cc1ccccc1)C(=O)C(c1ccccc1)c1ccccc1. The first-order valence-corrected chi connectivity index (χ1v) is 11.3. The van der Waals surface area contributed by atoms with Crippen LogP contribution in [0.1, 0.15) is 35.4 Å². The zero-order valence-electron chi connectivity index (χ0n) is 19.1. The molecule has 3 aromatic rings. The number of primary amides is 1. The smallest absolute Gasteiger partial charge is 0.240 e. The average molecular weight is 458 g/mol. The predicted octanol–water partition coefficient (Wildman–Crippen LogP) is 2.75. The summed E-state index contributed by atoms with van der Waals surface area (Å²) >= 11 is 0. The monoisotopic (exact) mass is 457 g/mol. The van der Waals surface area contributed by atoms with Crippen LogP contribution in [0.15, 0.2) is 96.0 Å². The molecular formula is C27H31N5O2. The maximum absolute atomic E-state index is 14.2. The second-order valence-electron chi connectivity index (χ2n) is 8.07. The molecule has 0 spiro atoms. The fourth-order valence-corrected chi connectivity index (χ4v) is 4.00. The summed E-state index contributed by atoms with van der Waals surface area (Å²) in [5.41, 5.74) is 19.3. The second-order valence-corrected chi connectivity index (χ2v) is 8.07. The van der Waals surface area contributed by atoms with Crippen molar-refractivity contribution in [1.29, 1.82) is 0 Å². The molecule has 0 saturated carbocycles. The Balaban J connectivity index is 2.00. The predicted molar refractivity (Wildman–Crippen MR) is 135 cm³/mol. The van der Waals surface area contributed by atoms with Gasteiger partial charge >= 0.3 is 0 Å². The van der Waals surface area contributed by atoms with E-state index < -0.39 is 17.9 Å². The molecule has 176 valence electrons. The van der Waals surface area contributed by atoms with Crippen LogP contribution in [0.3, 0.4) is 0 Å². The van der Waals surface area contributed by atoms with Crippen molar-refractivity contribution in [3.05, 3.63) is 108 Å². The first-order chi connectivity index (χ1) is 16.5. The first kappa shape index (κ1) is 24.5. The number of rotatable bonds is 11. The number of nitrogens with two attached hydrogens (primary N) is 3. The van der Waals surface area contributed by atoms with E-state index in [1.165, 1.54) is 0 Å². The van der Waals surface area contributed by atoms with Crippen LogP contribution in [0, 0.1) is 0 Å². The molecule has 0 aliphatic rings. The highest BCUT2D eigenvalue weighted by Gasteiger charge is 2.34. The highest BCUT2D eigenvalue weighted by molar-refractivity contribution is 5.92. The number of amides is 2. The molecule has 6 N–H and O–H groups in total. The van der Waals surface area contributed by atoms with Crippen LogP contribution in [0.2, 0.25) is 0 Å². The zero-order valence-corrected chi connectivity index (χ0v) is 19.1. The molecule has 0 aliphatic carbocycles. The number of benzene rings is 3. The van der Waals surface area contributed by atoms with Crippen molar-refractivity contribution < 1.29 is 9.59 Å². The van der Waals surface area contributed by atoms with Crippen LogP contribution in [0.4, 0.5) is 0 Å². The minimum Gasteiger partial charge on any atom is -0.370 e. The fourth-order valence-electron chi connectivity index (χ4n) is 4.00. The highest BCUT2D eigenvalue weighted by Crippen LogP contribution is 2.29. The average Bonchev–Trinajstić information content (AvgIpc) is 2.85. The zero-order chi connectivity index (χ0) is 24.3. The minimum absolute atomic E-state index is 0.0129. The van der Waals surface area contributed by atoms with Gasteiger partial charge in [-0.25, -0.2) is 0 Å². The molecule has 0 aromatic heterocycles. The molecule has 0 saturated heterocycles. The van der Waals surface area contributed by atoms with Crippen LogP contribution in [-0.2, 0) is 16.1 Å². The van der Waals surface area contributed by atoms with Crippen LogP contribution in [0.5, 0.6) is 0 Å². The minimum atomic E-state index is -0.808. The van der Waals surface area contributed by atoms with Gasteiger partial charge in [-0.2, -0.15) is 0 Å². The number of guanidine groups is 1. The molecule has 0 heterocycles. The third kappa shape index (κ3) is 6.68. The van der Waals surface area contributed by atoms with Gasteiger partial charge in [-0.1, -0.05) is 91.0 Å². The molecule has 0 aliphatic heterocycles. The Labute approximate surface area is 200 Å². The lowest BCUT2D eigenvalue weighted by Gasteiger charge is -2.33. The molecule has 0 bridgehead atoms. The van der Waals surface area contributed by atoms with Gasteiger partial charge in [-0.15, -0.1) is 0 Å². The van der Waals surface area contributed by atoms with Gasteiger partial charge in [0.2, 0.25) is 11.8 Å². The lowest BCUT2D eigenvalue weighted by molar-refractivity contribution is -0.140. The molecule has 3 rings (SSSR count). The maximum Gasteiger partial charge on any atom is 0.240 e. The van der Waals surface area contributed by atoms with Crippen molar-refractivity contribution in [2.75, 3.05) is 6.54 Å². The molecule has 7 heteroatoms. The van der Waals surface area contributed by atoms with E-state index >= 15 is 0 Å². The standard InChI is InChI=1S/C27H31N5O2/c28-25(33)23(17-10-18-31-27(29)30)32(19-20-11-4-1-5-12-20)26(34)24(21-13-6-2-7-14-21)22-15-8-3-9-16-22/h1-9,11-16,23-24H,10,17-19H2,(H2,28,33)(H4,29,30,31)/t23-/m0/s1. The Bertz CT molecular complexity index is 1040. The fraction of sp³-hybridized carbons (Fsp3) is 0.222.